The topological polar surface area (TPSA) is 62.5 Å². The van der Waals surface area contributed by atoms with Gasteiger partial charge in [0.1, 0.15) is 12.1 Å². The van der Waals surface area contributed by atoms with Crippen molar-refractivity contribution in [3.63, 3.8) is 0 Å². The molecule has 0 fully saturated rings. The smallest absolute Gasteiger partial charge is 0.226 e. The van der Waals surface area contributed by atoms with Crippen molar-refractivity contribution >= 4 is 5.96 Å². The standard InChI is InChI=1S/C22H25FN4O/c1-3-24-22(26-14-17-6-4-5-16(2)13-17)25-12-11-20-15-28-21(27-20)18-7-9-19(23)10-8-18/h4-10,13,15H,3,11-12,14H2,1-2H3,(H2,24,25,26). The van der Waals surface area contributed by atoms with Crippen LogP contribution in [0.2, 0.25) is 0 Å². The van der Waals surface area contributed by atoms with Gasteiger partial charge in [-0.05, 0) is 43.7 Å². The summed E-state index contributed by atoms with van der Waals surface area (Å²) in [6, 6.07) is 14.4. The largest absolute Gasteiger partial charge is 0.444 e. The van der Waals surface area contributed by atoms with Crippen LogP contribution in [0.1, 0.15) is 23.7 Å². The van der Waals surface area contributed by atoms with Crippen molar-refractivity contribution in [1.29, 1.82) is 0 Å². The van der Waals surface area contributed by atoms with Crippen LogP contribution in [-0.4, -0.2) is 24.0 Å². The zero-order chi connectivity index (χ0) is 19.8. The summed E-state index contributed by atoms with van der Waals surface area (Å²) in [7, 11) is 0. The SMILES string of the molecule is CCNC(=NCc1cccc(C)c1)NCCc1coc(-c2ccc(F)cc2)n1. The summed E-state index contributed by atoms with van der Waals surface area (Å²) in [5.41, 5.74) is 4.00. The number of nitrogens with one attached hydrogen (secondary N) is 2. The van der Waals surface area contributed by atoms with E-state index < -0.39 is 0 Å². The first-order valence-corrected chi connectivity index (χ1v) is 9.42. The fourth-order valence-electron chi connectivity index (χ4n) is 2.78. The highest BCUT2D eigenvalue weighted by molar-refractivity contribution is 5.79. The van der Waals surface area contributed by atoms with Crippen molar-refractivity contribution < 1.29 is 8.81 Å². The molecule has 0 atom stereocenters. The van der Waals surface area contributed by atoms with Crippen molar-refractivity contribution in [2.45, 2.75) is 26.8 Å². The molecular formula is C22H25FN4O. The third kappa shape index (κ3) is 5.67. The number of hydrogen-bond donors (Lipinski definition) is 2. The zero-order valence-corrected chi connectivity index (χ0v) is 16.2. The van der Waals surface area contributed by atoms with Gasteiger partial charge in [-0.15, -0.1) is 0 Å². The number of benzene rings is 2. The number of hydrogen-bond acceptors (Lipinski definition) is 3. The summed E-state index contributed by atoms with van der Waals surface area (Å²) >= 11 is 0. The zero-order valence-electron chi connectivity index (χ0n) is 16.2. The molecule has 0 saturated heterocycles. The summed E-state index contributed by atoms with van der Waals surface area (Å²) in [5, 5.41) is 6.57. The van der Waals surface area contributed by atoms with E-state index in [1.54, 1.807) is 18.4 Å². The van der Waals surface area contributed by atoms with E-state index in [-0.39, 0.29) is 5.82 Å². The lowest BCUT2D eigenvalue weighted by molar-refractivity contribution is 0.571. The molecule has 0 amide bonds. The Bertz CT molecular complexity index is 918. The van der Waals surface area contributed by atoms with Gasteiger partial charge in [-0.1, -0.05) is 29.8 Å². The molecule has 3 rings (SSSR count). The van der Waals surface area contributed by atoms with Gasteiger partial charge < -0.3 is 15.1 Å². The summed E-state index contributed by atoms with van der Waals surface area (Å²) < 4.78 is 18.5. The lowest BCUT2D eigenvalue weighted by Crippen LogP contribution is -2.38. The van der Waals surface area contributed by atoms with E-state index in [0.717, 1.165) is 23.8 Å². The van der Waals surface area contributed by atoms with Crippen LogP contribution in [0.3, 0.4) is 0 Å². The van der Waals surface area contributed by atoms with Crippen LogP contribution >= 0.6 is 0 Å². The molecule has 1 aromatic heterocycles. The van der Waals surface area contributed by atoms with Crippen LogP contribution in [0, 0.1) is 12.7 Å². The number of nitrogens with zero attached hydrogens (tertiary/aromatic N) is 2. The predicted molar refractivity (Wildman–Crippen MR) is 110 cm³/mol. The summed E-state index contributed by atoms with van der Waals surface area (Å²) in [6.45, 7) is 6.20. The molecule has 0 aliphatic rings. The van der Waals surface area contributed by atoms with Gasteiger partial charge in [0.15, 0.2) is 5.96 Å². The van der Waals surface area contributed by atoms with Gasteiger partial charge in [-0.3, -0.25) is 0 Å². The van der Waals surface area contributed by atoms with Crippen LogP contribution in [0.15, 0.2) is 64.2 Å². The van der Waals surface area contributed by atoms with Gasteiger partial charge in [-0.25, -0.2) is 14.4 Å². The summed E-state index contributed by atoms with van der Waals surface area (Å²) in [5.74, 6) is 0.988. The minimum atomic E-state index is -0.277. The average Bonchev–Trinajstić information content (AvgIpc) is 3.15. The maximum Gasteiger partial charge on any atom is 0.226 e. The van der Waals surface area contributed by atoms with Crippen molar-refractivity contribution in [3.05, 3.63) is 77.4 Å². The number of aromatic nitrogens is 1. The molecule has 3 aromatic rings. The fraction of sp³-hybridized carbons (Fsp3) is 0.273. The molecule has 146 valence electrons. The number of rotatable bonds is 7. The van der Waals surface area contributed by atoms with Gasteiger partial charge in [0, 0.05) is 25.1 Å². The second-order valence-corrected chi connectivity index (χ2v) is 6.51. The van der Waals surface area contributed by atoms with Crippen LogP contribution in [0.25, 0.3) is 11.5 Å². The van der Waals surface area contributed by atoms with Crippen LogP contribution in [0.4, 0.5) is 4.39 Å². The normalized spacial score (nSPS) is 11.5. The number of aliphatic imine (C=N–C) groups is 1. The molecule has 5 nitrogen and oxygen atoms in total. The van der Waals surface area contributed by atoms with Crippen molar-refractivity contribution in [2.75, 3.05) is 13.1 Å². The molecule has 0 saturated carbocycles. The minimum Gasteiger partial charge on any atom is -0.444 e. The maximum atomic E-state index is 13.0. The lowest BCUT2D eigenvalue weighted by atomic mass is 10.1. The van der Waals surface area contributed by atoms with Crippen molar-refractivity contribution in [2.24, 2.45) is 4.99 Å². The van der Waals surface area contributed by atoms with Gasteiger partial charge >= 0.3 is 0 Å². The minimum absolute atomic E-state index is 0.277. The Balaban J connectivity index is 1.54. The second-order valence-electron chi connectivity index (χ2n) is 6.51. The molecule has 0 aliphatic carbocycles. The molecule has 0 unspecified atom stereocenters. The highest BCUT2D eigenvalue weighted by atomic mass is 19.1. The van der Waals surface area contributed by atoms with Gasteiger partial charge in [-0.2, -0.15) is 0 Å². The maximum absolute atomic E-state index is 13.0. The Kier molecular flexibility index (Phi) is 6.78. The lowest BCUT2D eigenvalue weighted by Gasteiger charge is -2.10. The van der Waals surface area contributed by atoms with Crippen LogP contribution in [0.5, 0.6) is 0 Å². The highest BCUT2D eigenvalue weighted by Crippen LogP contribution is 2.19. The fourth-order valence-corrected chi connectivity index (χ4v) is 2.78. The quantitative estimate of drug-likeness (QED) is 0.479. The van der Waals surface area contributed by atoms with E-state index in [1.807, 2.05) is 13.0 Å². The molecule has 0 radical (unpaired) electrons. The Morgan fingerprint density at radius 2 is 1.96 bits per heavy atom. The van der Waals surface area contributed by atoms with E-state index in [0.29, 0.717) is 25.4 Å². The van der Waals surface area contributed by atoms with Gasteiger partial charge in [0.05, 0.1) is 12.2 Å². The molecule has 1 heterocycles. The number of oxazole rings is 1. The third-order valence-corrected chi connectivity index (χ3v) is 4.16. The first-order valence-electron chi connectivity index (χ1n) is 9.42. The van der Waals surface area contributed by atoms with Gasteiger partial charge in [0.25, 0.3) is 0 Å². The monoisotopic (exact) mass is 380 g/mol. The molecule has 0 spiro atoms. The Labute approximate surface area is 164 Å². The highest BCUT2D eigenvalue weighted by Gasteiger charge is 2.07. The number of guanidine groups is 1. The molecule has 0 aliphatic heterocycles. The number of aryl methyl sites for hydroxylation is 1. The predicted octanol–water partition coefficient (Wildman–Crippen LogP) is 4.09. The molecule has 2 N–H and O–H groups in total. The molecular weight excluding hydrogens is 355 g/mol. The van der Waals surface area contributed by atoms with E-state index in [9.17, 15) is 4.39 Å². The second kappa shape index (κ2) is 9.69. The van der Waals surface area contributed by atoms with Crippen LogP contribution < -0.4 is 10.6 Å². The van der Waals surface area contributed by atoms with Crippen molar-refractivity contribution in [1.82, 2.24) is 15.6 Å². The number of halogens is 1. The van der Waals surface area contributed by atoms with E-state index in [2.05, 4.69) is 45.7 Å². The molecule has 2 aromatic carbocycles. The summed E-state index contributed by atoms with van der Waals surface area (Å²) in [4.78, 5) is 9.10. The third-order valence-electron chi connectivity index (χ3n) is 4.16. The first-order chi connectivity index (χ1) is 13.6. The molecule has 28 heavy (non-hydrogen) atoms. The van der Waals surface area contributed by atoms with E-state index in [4.69, 9.17) is 4.42 Å². The first kappa shape index (κ1) is 19.6. The van der Waals surface area contributed by atoms with Gasteiger partial charge in [0.2, 0.25) is 5.89 Å². The average molecular weight is 380 g/mol. The van der Waals surface area contributed by atoms with E-state index >= 15 is 0 Å². The Hall–Kier alpha value is -3.15. The summed E-state index contributed by atoms with van der Waals surface area (Å²) in [6.07, 6.45) is 2.33. The molecule has 0 bridgehead atoms. The molecule has 6 heteroatoms. The Morgan fingerprint density at radius 3 is 2.71 bits per heavy atom. The van der Waals surface area contributed by atoms with Crippen molar-refractivity contribution in [3.8, 4) is 11.5 Å². The Morgan fingerprint density at radius 1 is 1.14 bits per heavy atom. The van der Waals surface area contributed by atoms with Crippen LogP contribution in [-0.2, 0) is 13.0 Å². The van der Waals surface area contributed by atoms with E-state index in [1.165, 1.54) is 23.3 Å².